The SMILES string of the molecule is Cc1c(C)c2cc(Cl)c3c(c2oc1=O)CN([C@@]1(C)CCS(=O)(=O)C1)CO3. The number of fused-ring (bicyclic) bond motifs is 3. The summed E-state index contributed by atoms with van der Waals surface area (Å²) in [5, 5.41) is 1.24. The maximum Gasteiger partial charge on any atom is 0.339 e. The fraction of sp³-hybridized carbons (Fsp3) is 0.500. The molecule has 4 rings (SSSR count). The number of ether oxygens (including phenoxy) is 1. The average molecular weight is 398 g/mol. The van der Waals surface area contributed by atoms with Crippen LogP contribution in [0.3, 0.4) is 0 Å². The molecule has 0 bridgehead atoms. The molecule has 2 aromatic rings. The zero-order chi connectivity index (χ0) is 18.9. The van der Waals surface area contributed by atoms with Crippen LogP contribution in [0.15, 0.2) is 15.3 Å². The smallest absolute Gasteiger partial charge is 0.339 e. The van der Waals surface area contributed by atoms with E-state index in [0.29, 0.717) is 40.4 Å². The lowest BCUT2D eigenvalue weighted by molar-refractivity contribution is 0.0164. The van der Waals surface area contributed by atoms with Gasteiger partial charge in [0.25, 0.3) is 0 Å². The fourth-order valence-corrected chi connectivity index (χ4v) is 6.30. The maximum absolute atomic E-state index is 12.2. The minimum Gasteiger partial charge on any atom is -0.476 e. The van der Waals surface area contributed by atoms with Crippen molar-refractivity contribution in [2.45, 2.75) is 39.3 Å². The van der Waals surface area contributed by atoms with Gasteiger partial charge in [0, 0.05) is 23.0 Å². The summed E-state index contributed by atoms with van der Waals surface area (Å²) in [5.74, 6) is 0.779. The summed E-state index contributed by atoms with van der Waals surface area (Å²) in [6.07, 6.45) is 0.550. The number of aryl methyl sites for hydroxylation is 1. The fourth-order valence-electron chi connectivity index (χ4n) is 3.86. The molecule has 140 valence electrons. The molecule has 0 radical (unpaired) electrons. The Hall–Kier alpha value is -1.57. The van der Waals surface area contributed by atoms with E-state index in [1.807, 2.05) is 18.7 Å². The highest BCUT2D eigenvalue weighted by atomic mass is 35.5. The van der Waals surface area contributed by atoms with E-state index in [1.165, 1.54) is 0 Å². The lowest BCUT2D eigenvalue weighted by atomic mass is 9.96. The molecule has 1 saturated heterocycles. The van der Waals surface area contributed by atoms with E-state index < -0.39 is 15.4 Å². The Kier molecular flexibility index (Phi) is 3.92. The van der Waals surface area contributed by atoms with Gasteiger partial charge in [0.1, 0.15) is 18.1 Å². The number of hydrogen-bond donors (Lipinski definition) is 0. The second-order valence-electron chi connectivity index (χ2n) is 7.49. The molecule has 1 fully saturated rings. The number of hydrogen-bond acceptors (Lipinski definition) is 6. The van der Waals surface area contributed by atoms with E-state index in [2.05, 4.69) is 0 Å². The average Bonchev–Trinajstić information content (AvgIpc) is 2.88. The van der Waals surface area contributed by atoms with Crippen LogP contribution in [-0.2, 0) is 16.4 Å². The van der Waals surface area contributed by atoms with Crippen LogP contribution in [0.1, 0.15) is 30.0 Å². The van der Waals surface area contributed by atoms with Crippen LogP contribution in [-0.4, -0.2) is 37.1 Å². The van der Waals surface area contributed by atoms with Gasteiger partial charge in [-0.2, -0.15) is 0 Å². The molecule has 2 aliphatic rings. The third-order valence-corrected chi connectivity index (χ3v) is 7.88. The van der Waals surface area contributed by atoms with Crippen LogP contribution < -0.4 is 10.4 Å². The highest BCUT2D eigenvalue weighted by Gasteiger charge is 2.44. The highest BCUT2D eigenvalue weighted by molar-refractivity contribution is 7.91. The summed E-state index contributed by atoms with van der Waals surface area (Å²) < 4.78 is 35.4. The summed E-state index contributed by atoms with van der Waals surface area (Å²) in [5.41, 5.74) is 1.65. The van der Waals surface area contributed by atoms with Crippen molar-refractivity contribution in [3.05, 3.63) is 38.2 Å². The minimum absolute atomic E-state index is 0.0965. The molecule has 6 nitrogen and oxygen atoms in total. The van der Waals surface area contributed by atoms with E-state index in [4.69, 9.17) is 20.8 Å². The van der Waals surface area contributed by atoms with Crippen LogP contribution >= 0.6 is 11.6 Å². The first-order valence-electron chi connectivity index (χ1n) is 8.45. The number of benzene rings is 1. The second kappa shape index (κ2) is 5.71. The molecule has 0 saturated carbocycles. The normalized spacial score (nSPS) is 25.2. The first-order valence-corrected chi connectivity index (χ1v) is 10.6. The van der Waals surface area contributed by atoms with Gasteiger partial charge >= 0.3 is 5.63 Å². The molecule has 0 N–H and O–H groups in total. The van der Waals surface area contributed by atoms with Gasteiger partial charge in [0.15, 0.2) is 9.84 Å². The van der Waals surface area contributed by atoms with E-state index in [1.54, 1.807) is 13.0 Å². The Morgan fingerprint density at radius 3 is 2.65 bits per heavy atom. The minimum atomic E-state index is -3.05. The second-order valence-corrected chi connectivity index (χ2v) is 10.1. The van der Waals surface area contributed by atoms with Crippen LogP contribution in [0.25, 0.3) is 11.0 Å². The van der Waals surface area contributed by atoms with Crippen LogP contribution in [0.4, 0.5) is 0 Å². The predicted molar refractivity (Wildman–Crippen MR) is 99.7 cm³/mol. The summed E-state index contributed by atoms with van der Waals surface area (Å²) >= 11 is 6.41. The molecule has 1 aromatic carbocycles. The first kappa shape index (κ1) is 17.8. The van der Waals surface area contributed by atoms with E-state index in [-0.39, 0.29) is 23.9 Å². The van der Waals surface area contributed by atoms with E-state index in [9.17, 15) is 13.2 Å². The van der Waals surface area contributed by atoms with Gasteiger partial charge in [-0.15, -0.1) is 0 Å². The van der Waals surface area contributed by atoms with Gasteiger partial charge < -0.3 is 9.15 Å². The lowest BCUT2D eigenvalue weighted by Gasteiger charge is -2.40. The molecular formula is C18H20ClNO5S. The Labute approximate surface area is 156 Å². The zero-order valence-corrected chi connectivity index (χ0v) is 16.5. The van der Waals surface area contributed by atoms with Gasteiger partial charge in [-0.1, -0.05) is 11.6 Å². The summed E-state index contributed by atoms with van der Waals surface area (Å²) in [4.78, 5) is 14.2. The van der Waals surface area contributed by atoms with Crippen molar-refractivity contribution in [2.75, 3.05) is 18.2 Å². The standard InChI is InChI=1S/C18H20ClNO5S/c1-10-11(2)17(21)25-15-12(10)6-14(19)16-13(15)7-20(9-24-16)18(3)4-5-26(22,23)8-18/h6H,4-5,7-9H2,1-3H3/t18-/m0/s1. The molecule has 0 amide bonds. The van der Waals surface area contributed by atoms with Gasteiger partial charge in [0.05, 0.1) is 22.1 Å². The van der Waals surface area contributed by atoms with Crippen LogP contribution in [0.2, 0.25) is 5.02 Å². The molecule has 3 heterocycles. The summed E-state index contributed by atoms with van der Waals surface area (Å²) in [7, 11) is -3.05. The Morgan fingerprint density at radius 1 is 1.27 bits per heavy atom. The third kappa shape index (κ3) is 2.64. The molecule has 0 aliphatic carbocycles. The van der Waals surface area contributed by atoms with Crippen LogP contribution in [0, 0.1) is 13.8 Å². The Morgan fingerprint density at radius 2 is 2.00 bits per heavy atom. The zero-order valence-electron chi connectivity index (χ0n) is 14.9. The van der Waals surface area contributed by atoms with E-state index >= 15 is 0 Å². The predicted octanol–water partition coefficient (Wildman–Crippen LogP) is 2.79. The van der Waals surface area contributed by atoms with Crippen LogP contribution in [0.5, 0.6) is 5.75 Å². The van der Waals surface area contributed by atoms with Crippen molar-refractivity contribution >= 4 is 32.4 Å². The van der Waals surface area contributed by atoms with Gasteiger partial charge in [-0.25, -0.2) is 13.2 Å². The highest BCUT2D eigenvalue weighted by Crippen LogP contribution is 2.42. The number of rotatable bonds is 1. The van der Waals surface area contributed by atoms with Gasteiger partial charge in [0.2, 0.25) is 0 Å². The molecule has 1 atom stereocenters. The summed E-state index contributed by atoms with van der Waals surface area (Å²) in [6, 6.07) is 1.76. The van der Waals surface area contributed by atoms with Crippen molar-refractivity contribution in [2.24, 2.45) is 0 Å². The van der Waals surface area contributed by atoms with Gasteiger partial charge in [-0.3, -0.25) is 4.90 Å². The lowest BCUT2D eigenvalue weighted by Crippen LogP contribution is -2.50. The Bertz CT molecular complexity index is 1090. The van der Waals surface area contributed by atoms with Crippen molar-refractivity contribution < 1.29 is 17.6 Å². The quantitative estimate of drug-likeness (QED) is 0.688. The largest absolute Gasteiger partial charge is 0.476 e. The number of nitrogens with zero attached hydrogens (tertiary/aromatic N) is 1. The van der Waals surface area contributed by atoms with Crippen molar-refractivity contribution in [1.29, 1.82) is 0 Å². The van der Waals surface area contributed by atoms with E-state index in [0.717, 1.165) is 10.9 Å². The topological polar surface area (TPSA) is 76.8 Å². The first-order chi connectivity index (χ1) is 12.1. The molecule has 2 aliphatic heterocycles. The van der Waals surface area contributed by atoms with Gasteiger partial charge in [-0.05, 0) is 38.8 Å². The molecular weight excluding hydrogens is 378 g/mol. The Balaban J connectivity index is 1.86. The molecule has 26 heavy (non-hydrogen) atoms. The molecule has 0 unspecified atom stereocenters. The molecule has 1 aromatic heterocycles. The monoisotopic (exact) mass is 397 g/mol. The summed E-state index contributed by atoms with van der Waals surface area (Å²) in [6.45, 7) is 6.19. The third-order valence-electron chi connectivity index (χ3n) is 5.71. The maximum atomic E-state index is 12.2. The van der Waals surface area contributed by atoms with Crippen molar-refractivity contribution in [3.8, 4) is 5.75 Å². The van der Waals surface area contributed by atoms with Crippen molar-refractivity contribution in [1.82, 2.24) is 4.90 Å². The number of sulfone groups is 1. The van der Waals surface area contributed by atoms with Crippen molar-refractivity contribution in [3.63, 3.8) is 0 Å². The molecule has 0 spiro atoms. The number of halogens is 1. The molecule has 8 heteroatoms.